The quantitative estimate of drug-likeness (QED) is 0.695. The molecule has 0 bridgehead atoms. The maximum Gasteiger partial charge on any atom is 0.222 e. The van der Waals surface area contributed by atoms with E-state index in [1.54, 1.807) is 9.58 Å². The van der Waals surface area contributed by atoms with Crippen molar-refractivity contribution in [1.82, 2.24) is 25.1 Å². The average molecular weight is 269 g/mol. The van der Waals surface area contributed by atoms with Gasteiger partial charge in [0.15, 0.2) is 0 Å². The Kier molecular flexibility index (Phi) is 4.43. The lowest BCUT2D eigenvalue weighted by molar-refractivity contribution is -0.140. The van der Waals surface area contributed by atoms with Gasteiger partial charge in [-0.3, -0.25) is 4.79 Å². The summed E-state index contributed by atoms with van der Waals surface area (Å²) in [6.45, 7) is 1.15. The molecule has 0 unspecified atom stereocenters. The minimum absolute atomic E-state index is 0.000325. The minimum Gasteiger partial charge on any atom is -0.393 e. The number of hydrogen-bond donors (Lipinski definition) is 2. The van der Waals surface area contributed by atoms with Crippen molar-refractivity contribution in [1.29, 1.82) is 0 Å². The molecule has 0 radical (unpaired) electrons. The van der Waals surface area contributed by atoms with E-state index in [9.17, 15) is 9.90 Å². The lowest BCUT2D eigenvalue weighted by Crippen LogP contribution is -2.52. The SMILES string of the molecule is O=C(CCCn1cnnn1)N1CCC[C@](O)(CO)C1. The van der Waals surface area contributed by atoms with Crippen molar-refractivity contribution >= 4 is 5.91 Å². The Morgan fingerprint density at radius 1 is 1.47 bits per heavy atom. The number of aromatic nitrogens is 4. The zero-order valence-corrected chi connectivity index (χ0v) is 10.8. The molecule has 1 aromatic heterocycles. The Bertz CT molecular complexity index is 410. The van der Waals surface area contributed by atoms with Crippen LogP contribution in [0.4, 0.5) is 0 Å². The van der Waals surface area contributed by atoms with E-state index < -0.39 is 5.60 Å². The van der Waals surface area contributed by atoms with E-state index in [1.807, 2.05) is 0 Å². The zero-order chi connectivity index (χ0) is 13.7. The average Bonchev–Trinajstić information content (AvgIpc) is 2.92. The van der Waals surface area contributed by atoms with Gasteiger partial charge in [0.25, 0.3) is 0 Å². The predicted molar refractivity (Wildman–Crippen MR) is 64.9 cm³/mol. The molecule has 19 heavy (non-hydrogen) atoms. The van der Waals surface area contributed by atoms with Crippen molar-refractivity contribution in [2.75, 3.05) is 19.7 Å². The highest BCUT2D eigenvalue weighted by atomic mass is 16.3. The standard InChI is InChI=1S/C11H19N5O3/c17-8-11(19)4-2-5-15(7-11)10(18)3-1-6-16-9-12-13-14-16/h9,17,19H,1-8H2/t11-/m1/s1. The fourth-order valence-electron chi connectivity index (χ4n) is 2.29. The minimum atomic E-state index is -1.14. The molecule has 8 nitrogen and oxygen atoms in total. The molecule has 1 aliphatic rings. The normalized spacial score (nSPS) is 23.6. The fraction of sp³-hybridized carbons (Fsp3) is 0.818. The number of likely N-dealkylation sites (tertiary alicyclic amines) is 1. The van der Waals surface area contributed by atoms with Crippen LogP contribution < -0.4 is 0 Å². The molecule has 2 heterocycles. The van der Waals surface area contributed by atoms with E-state index in [-0.39, 0.29) is 19.1 Å². The molecule has 1 amide bonds. The van der Waals surface area contributed by atoms with E-state index in [1.165, 1.54) is 6.33 Å². The van der Waals surface area contributed by atoms with Crippen LogP contribution in [0.25, 0.3) is 0 Å². The van der Waals surface area contributed by atoms with Gasteiger partial charge in [0, 0.05) is 19.5 Å². The molecule has 0 spiro atoms. The van der Waals surface area contributed by atoms with E-state index in [0.29, 0.717) is 32.4 Å². The highest BCUT2D eigenvalue weighted by Crippen LogP contribution is 2.21. The van der Waals surface area contributed by atoms with Crippen molar-refractivity contribution in [3.8, 4) is 0 Å². The molecular formula is C11H19N5O3. The van der Waals surface area contributed by atoms with E-state index >= 15 is 0 Å². The Morgan fingerprint density at radius 2 is 2.32 bits per heavy atom. The van der Waals surface area contributed by atoms with Gasteiger partial charge in [0.05, 0.1) is 13.2 Å². The van der Waals surface area contributed by atoms with Crippen LogP contribution in [0.3, 0.4) is 0 Å². The predicted octanol–water partition coefficient (Wildman–Crippen LogP) is -1.20. The Labute approximate surface area is 111 Å². The molecular weight excluding hydrogens is 250 g/mol. The number of aryl methyl sites for hydroxylation is 1. The number of carbonyl (C=O) groups is 1. The molecule has 1 aliphatic heterocycles. The Hall–Kier alpha value is -1.54. The third-order valence-corrected chi connectivity index (χ3v) is 3.37. The molecule has 1 aromatic rings. The summed E-state index contributed by atoms with van der Waals surface area (Å²) >= 11 is 0. The van der Waals surface area contributed by atoms with Crippen LogP contribution in [-0.2, 0) is 11.3 Å². The van der Waals surface area contributed by atoms with Crippen LogP contribution in [0.2, 0.25) is 0 Å². The largest absolute Gasteiger partial charge is 0.393 e. The number of aliphatic hydroxyl groups is 2. The van der Waals surface area contributed by atoms with Crippen molar-refractivity contribution in [3.05, 3.63) is 6.33 Å². The van der Waals surface area contributed by atoms with Gasteiger partial charge in [0.1, 0.15) is 11.9 Å². The van der Waals surface area contributed by atoms with Crippen molar-refractivity contribution in [2.45, 2.75) is 37.8 Å². The van der Waals surface area contributed by atoms with Crippen LogP contribution >= 0.6 is 0 Å². The molecule has 1 atom stereocenters. The van der Waals surface area contributed by atoms with Gasteiger partial charge in [0.2, 0.25) is 5.91 Å². The molecule has 0 saturated carbocycles. The summed E-state index contributed by atoms with van der Waals surface area (Å²) in [7, 11) is 0. The number of hydrogen-bond acceptors (Lipinski definition) is 6. The number of nitrogens with zero attached hydrogens (tertiary/aromatic N) is 5. The number of β-amino-alcohol motifs (C(OH)–C–C–N with tert-alkyl or cyclic N) is 1. The first-order valence-corrected chi connectivity index (χ1v) is 6.45. The highest BCUT2D eigenvalue weighted by Gasteiger charge is 2.34. The number of rotatable bonds is 5. The topological polar surface area (TPSA) is 104 Å². The van der Waals surface area contributed by atoms with Crippen LogP contribution in [0.15, 0.2) is 6.33 Å². The molecule has 1 fully saturated rings. The number of piperidine rings is 1. The molecule has 1 saturated heterocycles. The molecule has 2 rings (SSSR count). The van der Waals surface area contributed by atoms with Crippen LogP contribution in [0, 0.1) is 0 Å². The summed E-state index contributed by atoms with van der Waals surface area (Å²) in [5.41, 5.74) is -1.14. The maximum atomic E-state index is 12.0. The van der Waals surface area contributed by atoms with Gasteiger partial charge in [-0.15, -0.1) is 5.10 Å². The second-order valence-corrected chi connectivity index (χ2v) is 4.98. The molecule has 0 aromatic carbocycles. The summed E-state index contributed by atoms with van der Waals surface area (Å²) in [6.07, 6.45) is 3.81. The summed E-state index contributed by atoms with van der Waals surface area (Å²) in [6, 6.07) is 0. The van der Waals surface area contributed by atoms with E-state index in [4.69, 9.17) is 5.11 Å². The monoisotopic (exact) mass is 269 g/mol. The lowest BCUT2D eigenvalue weighted by atomic mass is 9.93. The lowest BCUT2D eigenvalue weighted by Gasteiger charge is -2.38. The second kappa shape index (κ2) is 6.07. The van der Waals surface area contributed by atoms with Crippen LogP contribution in [-0.4, -0.2) is 66.5 Å². The summed E-state index contributed by atoms with van der Waals surface area (Å²) in [5.74, 6) is -0.000325. The second-order valence-electron chi connectivity index (χ2n) is 4.98. The first-order valence-electron chi connectivity index (χ1n) is 6.45. The first kappa shape index (κ1) is 13.9. The Balaban J connectivity index is 1.76. The van der Waals surface area contributed by atoms with E-state index in [0.717, 1.165) is 6.42 Å². The Morgan fingerprint density at radius 3 is 3.00 bits per heavy atom. The maximum absolute atomic E-state index is 12.0. The smallest absolute Gasteiger partial charge is 0.222 e. The number of carbonyl (C=O) groups excluding carboxylic acids is 1. The van der Waals surface area contributed by atoms with E-state index in [2.05, 4.69) is 15.5 Å². The number of aliphatic hydroxyl groups excluding tert-OH is 1. The van der Waals surface area contributed by atoms with Gasteiger partial charge >= 0.3 is 0 Å². The highest BCUT2D eigenvalue weighted by molar-refractivity contribution is 5.76. The zero-order valence-electron chi connectivity index (χ0n) is 10.8. The summed E-state index contributed by atoms with van der Waals surface area (Å²) < 4.78 is 1.58. The fourth-order valence-corrected chi connectivity index (χ4v) is 2.29. The molecule has 8 heteroatoms. The third-order valence-electron chi connectivity index (χ3n) is 3.37. The van der Waals surface area contributed by atoms with Gasteiger partial charge in [-0.1, -0.05) is 0 Å². The van der Waals surface area contributed by atoms with Crippen LogP contribution in [0.5, 0.6) is 0 Å². The third kappa shape index (κ3) is 3.71. The van der Waals surface area contributed by atoms with Gasteiger partial charge < -0.3 is 15.1 Å². The van der Waals surface area contributed by atoms with Gasteiger partial charge in [-0.25, -0.2) is 4.68 Å². The number of tetrazole rings is 1. The van der Waals surface area contributed by atoms with Crippen LogP contribution in [0.1, 0.15) is 25.7 Å². The summed E-state index contributed by atoms with van der Waals surface area (Å²) in [5, 5.41) is 29.9. The van der Waals surface area contributed by atoms with Gasteiger partial charge in [-0.05, 0) is 29.7 Å². The van der Waals surface area contributed by atoms with Crippen molar-refractivity contribution < 1.29 is 15.0 Å². The first-order chi connectivity index (χ1) is 9.13. The van der Waals surface area contributed by atoms with Crippen molar-refractivity contribution in [2.24, 2.45) is 0 Å². The molecule has 2 N–H and O–H groups in total. The summed E-state index contributed by atoms with van der Waals surface area (Å²) in [4.78, 5) is 13.6. The molecule has 106 valence electrons. The number of amides is 1. The van der Waals surface area contributed by atoms with Gasteiger partial charge in [-0.2, -0.15) is 0 Å². The van der Waals surface area contributed by atoms with Crippen molar-refractivity contribution in [3.63, 3.8) is 0 Å². The molecule has 0 aliphatic carbocycles.